The minimum atomic E-state index is -1.51. The lowest BCUT2D eigenvalue weighted by atomic mass is 10.0. The molecule has 0 bridgehead atoms. The molecule has 0 saturated carbocycles. The molecular weight excluding hydrogens is 967 g/mol. The van der Waals surface area contributed by atoms with Crippen LogP contribution in [0.1, 0.15) is 95.5 Å². The molecule has 1 fully saturated rings. The van der Waals surface area contributed by atoms with Crippen LogP contribution in [0.25, 0.3) is 0 Å². The molecule has 26 heteroatoms. The third-order valence-corrected chi connectivity index (χ3v) is 11.8. The number of hydrogen-bond acceptors (Lipinski definition) is 14. The number of thiocarbonyl (C=S) groups is 1. The lowest BCUT2D eigenvalue weighted by Gasteiger charge is -2.33. The molecule has 402 valence electrons. The summed E-state index contributed by atoms with van der Waals surface area (Å²) in [6, 6.07) is 2.49. The van der Waals surface area contributed by atoms with Crippen LogP contribution in [0.15, 0.2) is 24.3 Å². The van der Waals surface area contributed by atoms with Crippen molar-refractivity contribution in [1.29, 1.82) is 0 Å². The van der Waals surface area contributed by atoms with Crippen molar-refractivity contribution in [1.82, 2.24) is 41.3 Å². The molecule has 0 spiro atoms. The number of benzene rings is 1. The molecular formula is C46H71N9O16S. The number of carbonyl (C=O) groups is 10. The number of hydrogen-bond donors (Lipinski definition) is 12. The van der Waals surface area contributed by atoms with Gasteiger partial charge < -0.3 is 67.3 Å². The van der Waals surface area contributed by atoms with Gasteiger partial charge in [-0.2, -0.15) is 0 Å². The maximum atomic E-state index is 12.5. The van der Waals surface area contributed by atoms with Crippen molar-refractivity contribution in [3.63, 3.8) is 0 Å². The molecule has 25 nitrogen and oxygen atoms in total. The van der Waals surface area contributed by atoms with E-state index in [1.807, 2.05) is 24.3 Å². The fourth-order valence-electron chi connectivity index (χ4n) is 7.78. The van der Waals surface area contributed by atoms with Crippen molar-refractivity contribution in [2.24, 2.45) is 0 Å². The minimum absolute atomic E-state index is 0.00594. The van der Waals surface area contributed by atoms with Gasteiger partial charge in [0.1, 0.15) is 18.4 Å². The van der Waals surface area contributed by atoms with E-state index in [4.69, 9.17) is 17.3 Å². The second-order valence-corrected chi connectivity index (χ2v) is 17.9. The molecule has 1 aromatic carbocycles. The van der Waals surface area contributed by atoms with Crippen LogP contribution in [-0.2, 0) is 49.6 Å². The molecule has 72 heavy (non-hydrogen) atoms. The number of unbranched alkanes of at least 4 members (excludes halogenated alkanes) is 5. The maximum Gasteiger partial charge on any atom is 0.326 e. The first-order valence-electron chi connectivity index (χ1n) is 24.0. The molecule has 4 unspecified atom stereocenters. The van der Waals surface area contributed by atoms with E-state index < -0.39 is 66.4 Å². The molecule has 1 saturated heterocycles. The summed E-state index contributed by atoms with van der Waals surface area (Å²) in [6.45, 7) is 1.47. The fraction of sp³-hybridized carbons (Fsp3) is 0.630. The van der Waals surface area contributed by atoms with Crippen molar-refractivity contribution in [2.75, 3.05) is 70.8 Å². The first-order valence-corrected chi connectivity index (χ1v) is 24.4. The van der Waals surface area contributed by atoms with Crippen molar-refractivity contribution >= 4 is 83.0 Å². The van der Waals surface area contributed by atoms with Crippen molar-refractivity contribution in [2.45, 2.75) is 120 Å². The van der Waals surface area contributed by atoms with E-state index >= 15 is 0 Å². The Labute approximate surface area is 422 Å². The number of carboxylic acid groups (broad SMARTS) is 6. The average molecular weight is 1040 g/mol. The first kappa shape index (κ1) is 61.6. The first-order chi connectivity index (χ1) is 34.2. The van der Waals surface area contributed by atoms with Gasteiger partial charge in [-0.05, 0) is 94.1 Å². The highest BCUT2D eigenvalue weighted by Gasteiger charge is 2.29. The number of nitrogens with zero attached hydrogens (tertiary/aromatic N) is 3. The molecule has 0 radical (unpaired) electrons. The molecule has 0 aromatic heterocycles. The van der Waals surface area contributed by atoms with Crippen molar-refractivity contribution < 1.29 is 78.6 Å². The molecule has 1 aromatic rings. The third kappa shape index (κ3) is 28.4. The van der Waals surface area contributed by atoms with Crippen molar-refractivity contribution in [3.8, 4) is 0 Å². The van der Waals surface area contributed by atoms with Crippen LogP contribution in [-0.4, -0.2) is 200 Å². The zero-order valence-electron chi connectivity index (χ0n) is 40.4. The van der Waals surface area contributed by atoms with Gasteiger partial charge in [-0.1, -0.05) is 25.0 Å². The standard InChI is InChI=1S/C46H71N9O16S/c56-30-33(49-38(58)12-4-2-1-3-11-37(57)47-19-8-6-10-35(43(67)68)51-45(71)52-36(44(69)70)17-18-39(59)60)9-5-7-20-48-46(72)50-32-15-13-31(14-16-32)25-34-26-54(28-41(63)64)22-21-53(27-40(61)62)23-24-55(34)29-42(65)66/h13-16,30,33-36H,1-12,17-29H2,(H,47,57)(H,49,58)(H,59,60)(H,61,62)(H,63,64)(H,65,66)(H,67,68)(H,69,70)(H2,48,50,72)(H2,51,52,71). The van der Waals surface area contributed by atoms with Crippen LogP contribution in [0.5, 0.6) is 0 Å². The summed E-state index contributed by atoms with van der Waals surface area (Å²) in [5.74, 6) is -7.61. The molecule has 1 aliphatic rings. The lowest BCUT2D eigenvalue weighted by molar-refractivity contribution is -0.141. The monoisotopic (exact) mass is 1040 g/mol. The normalized spacial score (nSPS) is 15.7. The number of anilines is 1. The summed E-state index contributed by atoms with van der Waals surface area (Å²) in [5, 5.41) is 72.2. The number of carbonyl (C=O) groups excluding carboxylic acids is 4. The number of aliphatic carboxylic acids is 6. The predicted octanol–water partition coefficient (Wildman–Crippen LogP) is 0.609. The minimum Gasteiger partial charge on any atom is -0.481 e. The number of amides is 4. The molecule has 1 heterocycles. The summed E-state index contributed by atoms with van der Waals surface area (Å²) in [4.78, 5) is 122. The Balaban J connectivity index is 1.63. The SMILES string of the molecule is O=CC(CCCCNC(=S)Nc1ccc(CC2CN(CC(=O)O)CCN(CC(=O)O)CCN2CC(=O)O)cc1)NC(=O)CCCCCCC(=O)NCCCCC(NC(=O)NC(CCC(=O)O)C(=O)O)C(=O)O. The Hall–Kier alpha value is -6.51. The van der Waals surface area contributed by atoms with Gasteiger partial charge in [0, 0.05) is 76.8 Å². The van der Waals surface area contributed by atoms with Gasteiger partial charge in [-0.3, -0.25) is 43.5 Å². The fourth-order valence-corrected chi connectivity index (χ4v) is 8.00. The molecule has 0 aliphatic carbocycles. The summed E-state index contributed by atoms with van der Waals surface area (Å²) >= 11 is 5.45. The third-order valence-electron chi connectivity index (χ3n) is 11.6. The van der Waals surface area contributed by atoms with E-state index in [9.17, 15) is 73.5 Å². The summed E-state index contributed by atoms with van der Waals surface area (Å²) in [6.07, 6.45) is 5.74. The van der Waals surface area contributed by atoms with Gasteiger partial charge in [-0.15, -0.1) is 0 Å². The number of aldehydes is 1. The number of nitrogens with one attached hydrogen (secondary N) is 6. The van der Waals surface area contributed by atoms with Crippen LogP contribution >= 0.6 is 12.2 Å². The Kier molecular flexibility index (Phi) is 29.7. The average Bonchev–Trinajstić information content (AvgIpc) is 3.36. The highest BCUT2D eigenvalue weighted by molar-refractivity contribution is 7.80. The van der Waals surface area contributed by atoms with Gasteiger partial charge in [-0.25, -0.2) is 14.4 Å². The van der Waals surface area contributed by atoms with Gasteiger partial charge >= 0.3 is 41.8 Å². The molecule has 12 N–H and O–H groups in total. The number of urea groups is 1. The quantitative estimate of drug-likeness (QED) is 0.0252. The summed E-state index contributed by atoms with van der Waals surface area (Å²) in [7, 11) is 0. The van der Waals surface area contributed by atoms with Gasteiger partial charge in [0.2, 0.25) is 11.8 Å². The van der Waals surface area contributed by atoms with Crippen LogP contribution < -0.4 is 31.9 Å². The summed E-state index contributed by atoms with van der Waals surface area (Å²) in [5.41, 5.74) is 1.58. The Morgan fingerprint density at radius 2 is 1.12 bits per heavy atom. The van der Waals surface area contributed by atoms with E-state index in [-0.39, 0.29) is 82.8 Å². The molecule has 2 rings (SSSR count). The predicted molar refractivity (Wildman–Crippen MR) is 263 cm³/mol. The Morgan fingerprint density at radius 1 is 0.583 bits per heavy atom. The van der Waals surface area contributed by atoms with Crippen LogP contribution in [0.4, 0.5) is 10.5 Å². The van der Waals surface area contributed by atoms with E-state index in [1.54, 1.807) is 14.7 Å². The van der Waals surface area contributed by atoms with Gasteiger partial charge in [0.05, 0.1) is 25.7 Å². The smallest absolute Gasteiger partial charge is 0.326 e. The Morgan fingerprint density at radius 3 is 1.71 bits per heavy atom. The summed E-state index contributed by atoms with van der Waals surface area (Å²) < 4.78 is 0. The Bertz CT molecular complexity index is 1960. The highest BCUT2D eigenvalue weighted by atomic mass is 32.1. The van der Waals surface area contributed by atoms with Crippen molar-refractivity contribution in [3.05, 3.63) is 29.8 Å². The zero-order chi connectivity index (χ0) is 53.4. The van der Waals surface area contributed by atoms with E-state index in [0.29, 0.717) is 107 Å². The largest absolute Gasteiger partial charge is 0.481 e. The van der Waals surface area contributed by atoms with Crippen LogP contribution in [0, 0.1) is 0 Å². The maximum absolute atomic E-state index is 12.5. The lowest BCUT2D eigenvalue weighted by Crippen LogP contribution is -2.51. The van der Waals surface area contributed by atoms with E-state index in [1.165, 1.54) is 0 Å². The molecule has 1 aliphatic heterocycles. The van der Waals surface area contributed by atoms with Crippen LogP contribution in [0.2, 0.25) is 0 Å². The number of carboxylic acids is 6. The highest BCUT2D eigenvalue weighted by Crippen LogP contribution is 2.17. The van der Waals surface area contributed by atoms with Gasteiger partial charge in [0.15, 0.2) is 5.11 Å². The second kappa shape index (κ2) is 34.8. The van der Waals surface area contributed by atoms with Crippen LogP contribution in [0.3, 0.4) is 0 Å². The van der Waals surface area contributed by atoms with Gasteiger partial charge in [0.25, 0.3) is 0 Å². The topological polar surface area (TPSA) is 374 Å². The molecule has 4 atom stereocenters. The second-order valence-electron chi connectivity index (χ2n) is 17.5. The zero-order valence-corrected chi connectivity index (χ0v) is 41.2. The van der Waals surface area contributed by atoms with E-state index in [0.717, 1.165) is 5.56 Å². The van der Waals surface area contributed by atoms with E-state index in [2.05, 4.69) is 31.9 Å². The molecule has 4 amide bonds. The number of rotatable bonds is 35.